The topological polar surface area (TPSA) is 44.7 Å². The van der Waals surface area contributed by atoms with Crippen molar-refractivity contribution in [1.29, 1.82) is 0 Å². The van der Waals surface area contributed by atoms with Crippen molar-refractivity contribution in [2.75, 3.05) is 37.7 Å². The van der Waals surface area contributed by atoms with E-state index in [2.05, 4.69) is 34.5 Å². The molecule has 1 aliphatic carbocycles. The predicted molar refractivity (Wildman–Crippen MR) is 89.1 cm³/mol. The van der Waals surface area contributed by atoms with Gasteiger partial charge < -0.3 is 20.1 Å². The van der Waals surface area contributed by atoms with E-state index in [-0.39, 0.29) is 6.10 Å². The van der Waals surface area contributed by atoms with Crippen LogP contribution in [-0.2, 0) is 11.3 Å². The van der Waals surface area contributed by atoms with Gasteiger partial charge in [-0.2, -0.15) is 0 Å². The third kappa shape index (κ3) is 4.22. The fourth-order valence-corrected chi connectivity index (χ4v) is 3.52. The molecule has 1 saturated heterocycles. The molecule has 2 N–H and O–H groups in total. The molecule has 1 saturated carbocycles. The van der Waals surface area contributed by atoms with E-state index in [0.717, 1.165) is 32.8 Å². The van der Waals surface area contributed by atoms with Gasteiger partial charge in [0.25, 0.3) is 0 Å². The number of aliphatic hydroxyl groups excluding tert-OH is 1. The second kappa shape index (κ2) is 7.95. The van der Waals surface area contributed by atoms with E-state index in [0.29, 0.717) is 12.5 Å². The van der Waals surface area contributed by atoms with Gasteiger partial charge in [0.1, 0.15) is 0 Å². The van der Waals surface area contributed by atoms with E-state index in [1.165, 1.54) is 36.9 Å². The van der Waals surface area contributed by atoms with Crippen LogP contribution in [0.3, 0.4) is 0 Å². The normalized spacial score (nSPS) is 21.2. The first-order chi connectivity index (χ1) is 10.8. The van der Waals surface area contributed by atoms with Gasteiger partial charge in [-0.3, -0.25) is 0 Å². The molecule has 4 heteroatoms. The smallest absolute Gasteiger partial charge is 0.0692 e. The molecule has 1 aliphatic heterocycles. The number of hydrogen-bond donors (Lipinski definition) is 2. The van der Waals surface area contributed by atoms with E-state index in [1.807, 2.05) is 0 Å². The maximum absolute atomic E-state index is 10.2. The van der Waals surface area contributed by atoms with Crippen molar-refractivity contribution in [3.05, 3.63) is 29.8 Å². The number of nitrogens with one attached hydrogen (secondary N) is 1. The Balaban J connectivity index is 1.42. The number of nitrogens with zero attached hydrogens (tertiary/aromatic N) is 1. The summed E-state index contributed by atoms with van der Waals surface area (Å²) in [5.41, 5.74) is 2.55. The van der Waals surface area contributed by atoms with Crippen molar-refractivity contribution in [2.24, 2.45) is 5.92 Å². The van der Waals surface area contributed by atoms with Gasteiger partial charge in [0.15, 0.2) is 0 Å². The number of aliphatic hydroxyl groups is 1. The lowest BCUT2D eigenvalue weighted by Gasteiger charge is -2.29. The molecule has 0 radical (unpaired) electrons. The third-order valence-corrected chi connectivity index (χ3v) is 4.94. The Labute approximate surface area is 133 Å². The summed E-state index contributed by atoms with van der Waals surface area (Å²) < 4.78 is 5.39. The molecule has 1 unspecified atom stereocenters. The van der Waals surface area contributed by atoms with Gasteiger partial charge in [0.05, 0.1) is 19.3 Å². The van der Waals surface area contributed by atoms with Crippen LogP contribution in [0.4, 0.5) is 5.69 Å². The van der Waals surface area contributed by atoms with Gasteiger partial charge in [0.2, 0.25) is 0 Å². The zero-order valence-electron chi connectivity index (χ0n) is 13.3. The number of rotatable bonds is 6. The van der Waals surface area contributed by atoms with Crippen LogP contribution in [-0.4, -0.2) is 44.1 Å². The van der Waals surface area contributed by atoms with Gasteiger partial charge >= 0.3 is 0 Å². The highest BCUT2D eigenvalue weighted by Gasteiger charge is 2.22. The fraction of sp³-hybridized carbons (Fsp3) is 0.667. The van der Waals surface area contributed by atoms with Crippen LogP contribution in [0.25, 0.3) is 0 Å². The average molecular weight is 304 g/mol. The summed E-state index contributed by atoms with van der Waals surface area (Å²) in [6, 6.07) is 8.74. The first kappa shape index (κ1) is 15.8. The van der Waals surface area contributed by atoms with Crippen LogP contribution < -0.4 is 10.2 Å². The lowest BCUT2D eigenvalue weighted by molar-refractivity contribution is 0.109. The van der Waals surface area contributed by atoms with Gasteiger partial charge in [0, 0.05) is 31.9 Å². The predicted octanol–water partition coefficient (Wildman–Crippen LogP) is 2.16. The Morgan fingerprint density at radius 1 is 1.14 bits per heavy atom. The van der Waals surface area contributed by atoms with Crippen molar-refractivity contribution in [3.8, 4) is 0 Å². The summed E-state index contributed by atoms with van der Waals surface area (Å²) in [7, 11) is 0. The number of benzene rings is 1. The lowest BCUT2D eigenvalue weighted by atomic mass is 10.0. The summed E-state index contributed by atoms with van der Waals surface area (Å²) in [6.45, 7) is 5.13. The van der Waals surface area contributed by atoms with Crippen LogP contribution in [0.2, 0.25) is 0 Å². The fourth-order valence-electron chi connectivity index (χ4n) is 3.52. The molecule has 22 heavy (non-hydrogen) atoms. The minimum absolute atomic E-state index is 0.185. The van der Waals surface area contributed by atoms with Crippen molar-refractivity contribution in [3.63, 3.8) is 0 Å². The van der Waals surface area contributed by atoms with Crippen molar-refractivity contribution >= 4 is 5.69 Å². The maximum atomic E-state index is 10.2. The van der Waals surface area contributed by atoms with E-state index >= 15 is 0 Å². The van der Waals surface area contributed by atoms with Crippen LogP contribution in [0, 0.1) is 5.92 Å². The van der Waals surface area contributed by atoms with Gasteiger partial charge in [-0.05, 0) is 36.5 Å². The molecular formula is C18H28N2O2. The highest BCUT2D eigenvalue weighted by molar-refractivity contribution is 5.47. The van der Waals surface area contributed by atoms with Gasteiger partial charge in [-0.25, -0.2) is 0 Å². The second-order valence-corrected chi connectivity index (χ2v) is 6.51. The van der Waals surface area contributed by atoms with Crippen molar-refractivity contribution in [1.82, 2.24) is 5.32 Å². The lowest BCUT2D eigenvalue weighted by Crippen LogP contribution is -2.36. The standard InChI is InChI=1S/C18H28N2O2/c21-18(16-3-1-2-4-16)14-19-13-15-5-7-17(8-6-15)20-9-11-22-12-10-20/h5-8,16,18-19,21H,1-4,9-14H2. The molecule has 1 atom stereocenters. The van der Waals surface area contributed by atoms with E-state index in [1.54, 1.807) is 0 Å². The zero-order valence-corrected chi connectivity index (χ0v) is 13.3. The van der Waals surface area contributed by atoms with Crippen molar-refractivity contribution in [2.45, 2.75) is 38.3 Å². The van der Waals surface area contributed by atoms with E-state index < -0.39 is 0 Å². The van der Waals surface area contributed by atoms with Crippen LogP contribution in [0.1, 0.15) is 31.2 Å². The Bertz CT molecular complexity index is 437. The molecule has 0 spiro atoms. The molecule has 0 bridgehead atoms. The molecule has 0 amide bonds. The number of ether oxygens (including phenoxy) is 1. The molecule has 122 valence electrons. The summed E-state index contributed by atoms with van der Waals surface area (Å²) in [5.74, 6) is 0.510. The SMILES string of the molecule is OC(CNCc1ccc(N2CCOCC2)cc1)C1CCCC1. The van der Waals surface area contributed by atoms with E-state index in [9.17, 15) is 5.11 Å². The largest absolute Gasteiger partial charge is 0.392 e. The number of hydrogen-bond acceptors (Lipinski definition) is 4. The summed E-state index contributed by atoms with van der Waals surface area (Å²) in [4.78, 5) is 2.37. The molecule has 4 nitrogen and oxygen atoms in total. The summed E-state index contributed by atoms with van der Waals surface area (Å²) in [5, 5.41) is 13.6. The third-order valence-electron chi connectivity index (χ3n) is 4.94. The highest BCUT2D eigenvalue weighted by Crippen LogP contribution is 2.27. The number of morpholine rings is 1. The first-order valence-corrected chi connectivity index (χ1v) is 8.63. The van der Waals surface area contributed by atoms with Crippen molar-refractivity contribution < 1.29 is 9.84 Å². The quantitative estimate of drug-likeness (QED) is 0.845. The molecule has 3 rings (SSSR count). The van der Waals surface area contributed by atoms with Gasteiger partial charge in [-0.15, -0.1) is 0 Å². The second-order valence-electron chi connectivity index (χ2n) is 6.51. The first-order valence-electron chi connectivity index (χ1n) is 8.63. The zero-order chi connectivity index (χ0) is 15.2. The molecule has 1 aromatic rings. The minimum Gasteiger partial charge on any atom is -0.392 e. The Morgan fingerprint density at radius 2 is 1.82 bits per heavy atom. The maximum Gasteiger partial charge on any atom is 0.0692 e. The number of anilines is 1. The van der Waals surface area contributed by atoms with Crippen LogP contribution in [0.15, 0.2) is 24.3 Å². The minimum atomic E-state index is -0.185. The van der Waals surface area contributed by atoms with Gasteiger partial charge in [-0.1, -0.05) is 25.0 Å². The Kier molecular flexibility index (Phi) is 5.70. The molecule has 0 aromatic heterocycles. The summed E-state index contributed by atoms with van der Waals surface area (Å²) in [6.07, 6.45) is 4.76. The Morgan fingerprint density at radius 3 is 2.50 bits per heavy atom. The molecule has 1 heterocycles. The molecule has 2 aliphatic rings. The average Bonchev–Trinajstić information content (AvgIpc) is 3.11. The molecule has 1 aromatic carbocycles. The highest BCUT2D eigenvalue weighted by atomic mass is 16.5. The molecular weight excluding hydrogens is 276 g/mol. The Hall–Kier alpha value is -1.10. The summed E-state index contributed by atoms with van der Waals surface area (Å²) >= 11 is 0. The van der Waals surface area contributed by atoms with Crippen LogP contribution in [0.5, 0.6) is 0 Å². The monoisotopic (exact) mass is 304 g/mol. The van der Waals surface area contributed by atoms with E-state index in [4.69, 9.17) is 4.74 Å². The van der Waals surface area contributed by atoms with Crippen LogP contribution >= 0.6 is 0 Å². The molecule has 2 fully saturated rings.